The molecule has 2 aliphatic heterocycles. The standard InChI is InChI=1S/C22H23N3O3S/c1-16-7-5-8-17(13-16)24-12-6-9-18(24)14-19-21(27)25(22(28)29-19)15-20(26)23-10-3-2-4-11-23/h5-9,12-14H,2-4,10-11,15H2,1H3/b19-14-. The molecule has 0 radical (unpaired) electrons. The Hall–Kier alpha value is -2.80. The van der Waals surface area contributed by atoms with Crippen LogP contribution in [0, 0.1) is 6.92 Å². The summed E-state index contributed by atoms with van der Waals surface area (Å²) in [6, 6.07) is 11.9. The van der Waals surface area contributed by atoms with E-state index in [0.717, 1.165) is 52.9 Å². The molecular weight excluding hydrogens is 386 g/mol. The van der Waals surface area contributed by atoms with Gasteiger partial charge in [-0.3, -0.25) is 19.3 Å². The predicted molar refractivity (Wildman–Crippen MR) is 114 cm³/mol. The Labute approximate surface area is 174 Å². The average molecular weight is 410 g/mol. The molecule has 2 aromatic rings. The molecule has 3 amide bonds. The maximum Gasteiger partial charge on any atom is 0.294 e. The number of imide groups is 1. The Morgan fingerprint density at radius 2 is 1.90 bits per heavy atom. The van der Waals surface area contributed by atoms with Gasteiger partial charge >= 0.3 is 0 Å². The van der Waals surface area contributed by atoms with Gasteiger partial charge in [-0.25, -0.2) is 0 Å². The van der Waals surface area contributed by atoms with E-state index in [4.69, 9.17) is 0 Å². The number of likely N-dealkylation sites (tertiary alicyclic amines) is 1. The van der Waals surface area contributed by atoms with Crippen molar-refractivity contribution in [1.82, 2.24) is 14.4 Å². The number of benzene rings is 1. The number of piperidine rings is 1. The Balaban J connectivity index is 1.53. The number of thioether (sulfide) groups is 1. The van der Waals surface area contributed by atoms with Crippen LogP contribution in [0.3, 0.4) is 0 Å². The van der Waals surface area contributed by atoms with Crippen molar-refractivity contribution in [3.63, 3.8) is 0 Å². The number of aromatic nitrogens is 1. The van der Waals surface area contributed by atoms with Gasteiger partial charge in [-0.05, 0) is 73.9 Å². The third-order valence-corrected chi connectivity index (χ3v) is 6.12. The van der Waals surface area contributed by atoms with Gasteiger partial charge in [-0.2, -0.15) is 0 Å². The number of nitrogens with zero attached hydrogens (tertiary/aromatic N) is 3. The van der Waals surface area contributed by atoms with E-state index < -0.39 is 5.91 Å². The Kier molecular flexibility index (Phi) is 5.58. The van der Waals surface area contributed by atoms with Gasteiger partial charge in [0.15, 0.2) is 0 Å². The van der Waals surface area contributed by atoms with Crippen molar-refractivity contribution < 1.29 is 14.4 Å². The van der Waals surface area contributed by atoms with Gasteiger partial charge in [0.05, 0.1) is 4.91 Å². The summed E-state index contributed by atoms with van der Waals surface area (Å²) in [7, 11) is 0. The molecule has 1 aromatic heterocycles. The van der Waals surface area contributed by atoms with Crippen LogP contribution >= 0.6 is 11.8 Å². The fourth-order valence-corrected chi connectivity index (χ4v) is 4.50. The third kappa shape index (κ3) is 4.15. The quantitative estimate of drug-likeness (QED) is 0.720. The van der Waals surface area contributed by atoms with Crippen LogP contribution in [0.2, 0.25) is 0 Å². The lowest BCUT2D eigenvalue weighted by atomic mass is 10.1. The minimum absolute atomic E-state index is 0.156. The highest BCUT2D eigenvalue weighted by atomic mass is 32.2. The average Bonchev–Trinajstić information content (AvgIpc) is 3.29. The van der Waals surface area contributed by atoms with Crippen LogP contribution < -0.4 is 0 Å². The van der Waals surface area contributed by atoms with E-state index in [9.17, 15) is 14.4 Å². The fourth-order valence-electron chi connectivity index (χ4n) is 3.67. The first-order valence-electron chi connectivity index (χ1n) is 9.80. The molecule has 2 saturated heterocycles. The van der Waals surface area contributed by atoms with Gasteiger partial charge < -0.3 is 9.47 Å². The molecule has 7 heteroatoms. The van der Waals surface area contributed by atoms with Gasteiger partial charge in [0.1, 0.15) is 6.54 Å². The molecule has 0 N–H and O–H groups in total. The molecule has 0 spiro atoms. The first-order chi connectivity index (χ1) is 14.0. The van der Waals surface area contributed by atoms with Crippen molar-refractivity contribution >= 4 is 34.9 Å². The summed E-state index contributed by atoms with van der Waals surface area (Å²) in [5.74, 6) is -0.557. The molecule has 150 valence electrons. The van der Waals surface area contributed by atoms with Crippen LogP contribution in [0.1, 0.15) is 30.5 Å². The van der Waals surface area contributed by atoms with Gasteiger partial charge in [-0.1, -0.05) is 12.1 Å². The second kappa shape index (κ2) is 8.29. The second-order valence-corrected chi connectivity index (χ2v) is 8.34. The van der Waals surface area contributed by atoms with Crippen LogP contribution in [0.15, 0.2) is 47.5 Å². The summed E-state index contributed by atoms with van der Waals surface area (Å²) in [5, 5.41) is -0.389. The monoisotopic (exact) mass is 409 g/mol. The lowest BCUT2D eigenvalue weighted by Crippen LogP contribution is -2.44. The van der Waals surface area contributed by atoms with Crippen LogP contribution in [0.4, 0.5) is 4.79 Å². The molecule has 29 heavy (non-hydrogen) atoms. The number of amides is 3. The van der Waals surface area contributed by atoms with Crippen LogP contribution in [0.5, 0.6) is 0 Å². The van der Waals surface area contributed by atoms with E-state index in [1.54, 1.807) is 11.0 Å². The number of aryl methyl sites for hydroxylation is 1. The zero-order chi connectivity index (χ0) is 20.4. The van der Waals surface area contributed by atoms with E-state index in [-0.39, 0.29) is 17.7 Å². The number of carbonyl (C=O) groups excluding carboxylic acids is 3. The molecule has 0 aliphatic carbocycles. The minimum Gasteiger partial charge on any atom is -0.341 e. The number of rotatable bonds is 4. The fraction of sp³-hybridized carbons (Fsp3) is 0.318. The van der Waals surface area contributed by atoms with E-state index in [2.05, 4.69) is 6.07 Å². The van der Waals surface area contributed by atoms with Gasteiger partial charge in [0, 0.05) is 30.7 Å². The van der Waals surface area contributed by atoms with E-state index in [1.165, 1.54) is 0 Å². The summed E-state index contributed by atoms with van der Waals surface area (Å²) < 4.78 is 1.97. The topological polar surface area (TPSA) is 62.6 Å². The summed E-state index contributed by atoms with van der Waals surface area (Å²) in [6.45, 7) is 3.25. The zero-order valence-electron chi connectivity index (χ0n) is 16.3. The molecule has 0 bridgehead atoms. The van der Waals surface area contributed by atoms with Crippen molar-refractivity contribution in [2.24, 2.45) is 0 Å². The highest BCUT2D eigenvalue weighted by molar-refractivity contribution is 8.18. The summed E-state index contributed by atoms with van der Waals surface area (Å²) in [5.41, 5.74) is 2.93. The van der Waals surface area contributed by atoms with Crippen molar-refractivity contribution in [2.45, 2.75) is 26.2 Å². The Bertz CT molecular complexity index is 989. The summed E-state index contributed by atoms with van der Waals surface area (Å²) in [6.07, 6.45) is 6.71. The zero-order valence-corrected chi connectivity index (χ0v) is 17.2. The summed E-state index contributed by atoms with van der Waals surface area (Å²) in [4.78, 5) is 40.8. The predicted octanol–water partition coefficient (Wildman–Crippen LogP) is 3.83. The van der Waals surface area contributed by atoms with Crippen molar-refractivity contribution in [3.05, 3.63) is 58.8 Å². The number of hydrogen-bond donors (Lipinski definition) is 0. The van der Waals surface area contributed by atoms with Gasteiger partial charge in [0.2, 0.25) is 5.91 Å². The van der Waals surface area contributed by atoms with Crippen LogP contribution in [-0.4, -0.2) is 51.1 Å². The smallest absolute Gasteiger partial charge is 0.294 e. The van der Waals surface area contributed by atoms with Gasteiger partial charge in [0.25, 0.3) is 11.1 Å². The molecule has 0 saturated carbocycles. The SMILES string of the molecule is Cc1cccc(-n2cccc2/C=C2\SC(=O)N(CC(=O)N3CCCCC3)C2=O)c1. The van der Waals surface area contributed by atoms with E-state index in [1.807, 2.05) is 48.0 Å². The molecule has 2 aliphatic rings. The van der Waals surface area contributed by atoms with Crippen molar-refractivity contribution in [3.8, 4) is 5.69 Å². The maximum absolute atomic E-state index is 12.8. The van der Waals surface area contributed by atoms with E-state index >= 15 is 0 Å². The normalized spacial score (nSPS) is 18.7. The van der Waals surface area contributed by atoms with Crippen molar-refractivity contribution in [1.29, 1.82) is 0 Å². The summed E-state index contributed by atoms with van der Waals surface area (Å²) >= 11 is 0.890. The molecule has 2 fully saturated rings. The minimum atomic E-state index is -0.401. The lowest BCUT2D eigenvalue weighted by molar-refractivity contribution is -0.136. The number of hydrogen-bond acceptors (Lipinski definition) is 4. The van der Waals surface area contributed by atoms with Crippen molar-refractivity contribution in [2.75, 3.05) is 19.6 Å². The highest BCUT2D eigenvalue weighted by Gasteiger charge is 2.37. The third-order valence-electron chi connectivity index (χ3n) is 5.21. The van der Waals surface area contributed by atoms with Crippen LogP contribution in [0.25, 0.3) is 11.8 Å². The molecule has 3 heterocycles. The van der Waals surface area contributed by atoms with Crippen LogP contribution in [-0.2, 0) is 9.59 Å². The highest BCUT2D eigenvalue weighted by Crippen LogP contribution is 2.32. The number of carbonyl (C=O) groups is 3. The second-order valence-electron chi connectivity index (χ2n) is 7.35. The lowest BCUT2D eigenvalue weighted by Gasteiger charge is -2.27. The Morgan fingerprint density at radius 3 is 2.66 bits per heavy atom. The molecular formula is C22H23N3O3S. The molecule has 6 nitrogen and oxygen atoms in total. The molecule has 0 atom stereocenters. The first kappa shape index (κ1) is 19.5. The molecule has 4 rings (SSSR count). The van der Waals surface area contributed by atoms with E-state index in [0.29, 0.717) is 18.0 Å². The maximum atomic E-state index is 12.8. The largest absolute Gasteiger partial charge is 0.341 e. The molecule has 0 unspecified atom stereocenters. The van der Waals surface area contributed by atoms with Gasteiger partial charge in [-0.15, -0.1) is 0 Å². The Morgan fingerprint density at radius 1 is 1.10 bits per heavy atom. The first-order valence-corrected chi connectivity index (χ1v) is 10.6. The molecule has 1 aromatic carbocycles.